The van der Waals surface area contributed by atoms with Crippen LogP contribution in [-0.4, -0.2) is 10.9 Å². The summed E-state index contributed by atoms with van der Waals surface area (Å²) < 4.78 is 0. The van der Waals surface area contributed by atoms with Crippen LogP contribution in [0.15, 0.2) is 48.5 Å². The molecule has 1 amide bonds. The van der Waals surface area contributed by atoms with E-state index in [1.54, 1.807) is 6.08 Å². The molecule has 0 bridgehead atoms. The van der Waals surface area contributed by atoms with Crippen LogP contribution in [0.5, 0.6) is 0 Å². The van der Waals surface area contributed by atoms with Crippen molar-refractivity contribution < 1.29 is 4.79 Å². The van der Waals surface area contributed by atoms with Gasteiger partial charge in [0.15, 0.2) is 0 Å². The van der Waals surface area contributed by atoms with E-state index >= 15 is 0 Å². The Hall–Kier alpha value is -2.55. The molecule has 2 aromatic carbocycles. The zero-order valence-electron chi connectivity index (χ0n) is 10.4. The van der Waals surface area contributed by atoms with E-state index < -0.39 is 0 Å². The predicted molar refractivity (Wildman–Crippen MR) is 78.7 cm³/mol. The number of H-pyrrole nitrogens is 1. The summed E-state index contributed by atoms with van der Waals surface area (Å²) in [7, 11) is 0. The van der Waals surface area contributed by atoms with E-state index in [0.717, 1.165) is 16.6 Å². The fourth-order valence-electron chi connectivity index (χ4n) is 2.29. The Morgan fingerprint density at radius 3 is 2.74 bits per heavy atom. The van der Waals surface area contributed by atoms with Crippen LogP contribution in [0.25, 0.3) is 27.9 Å². The molecular formula is C16H14N2O. The second-order valence-corrected chi connectivity index (χ2v) is 4.55. The van der Waals surface area contributed by atoms with Crippen LogP contribution in [0, 0.1) is 0 Å². The number of nitrogens with two attached hydrogens (primary N) is 1. The van der Waals surface area contributed by atoms with Crippen molar-refractivity contribution in [1.29, 1.82) is 0 Å². The van der Waals surface area contributed by atoms with Gasteiger partial charge in [-0.3, -0.25) is 4.79 Å². The van der Waals surface area contributed by atoms with Gasteiger partial charge in [-0.2, -0.15) is 0 Å². The molecule has 94 valence electrons. The van der Waals surface area contributed by atoms with Gasteiger partial charge in [-0.05, 0) is 17.7 Å². The highest BCUT2D eigenvalue weighted by atomic mass is 16.1. The van der Waals surface area contributed by atoms with Gasteiger partial charge >= 0.3 is 0 Å². The van der Waals surface area contributed by atoms with Gasteiger partial charge in [0.05, 0.1) is 0 Å². The molecule has 0 aliphatic carbocycles. The molecule has 0 atom stereocenters. The number of fused-ring (bicyclic) bond motifs is 3. The van der Waals surface area contributed by atoms with Crippen LogP contribution >= 0.6 is 0 Å². The molecule has 0 unspecified atom stereocenters. The summed E-state index contributed by atoms with van der Waals surface area (Å²) in [5.41, 5.74) is 8.39. The Balaban J connectivity index is 2.03. The lowest BCUT2D eigenvalue weighted by Crippen LogP contribution is -2.07. The average Bonchev–Trinajstić information content (AvgIpc) is 2.76. The quantitative estimate of drug-likeness (QED) is 0.736. The average molecular weight is 250 g/mol. The van der Waals surface area contributed by atoms with Crippen molar-refractivity contribution in [3.05, 3.63) is 54.1 Å². The van der Waals surface area contributed by atoms with Crippen LogP contribution in [0.1, 0.15) is 12.0 Å². The lowest BCUT2D eigenvalue weighted by atomic mass is 10.1. The highest BCUT2D eigenvalue weighted by Gasteiger charge is 2.02. The maximum Gasteiger partial charge on any atom is 0.221 e. The first-order valence-corrected chi connectivity index (χ1v) is 6.19. The number of hydrogen-bond acceptors (Lipinski definition) is 1. The highest BCUT2D eigenvalue weighted by molar-refractivity contribution is 6.07. The second-order valence-electron chi connectivity index (χ2n) is 4.55. The summed E-state index contributed by atoms with van der Waals surface area (Å²) in [5, 5.41) is 2.44. The second kappa shape index (κ2) is 4.61. The standard InChI is InChI=1S/C16H14N2O/c17-16(19)7-3-4-11-8-9-13-12-5-1-2-6-14(12)18-15(13)10-11/h1-6,8-10,18H,7H2,(H2,17,19). The van der Waals surface area contributed by atoms with Crippen LogP contribution in [-0.2, 0) is 4.79 Å². The summed E-state index contributed by atoms with van der Waals surface area (Å²) in [6.45, 7) is 0. The normalized spacial score (nSPS) is 11.6. The molecule has 0 aliphatic heterocycles. The molecule has 0 aliphatic rings. The highest BCUT2D eigenvalue weighted by Crippen LogP contribution is 2.26. The van der Waals surface area contributed by atoms with E-state index in [1.807, 2.05) is 24.3 Å². The number of carbonyl (C=O) groups is 1. The first-order valence-electron chi connectivity index (χ1n) is 6.19. The Kier molecular flexibility index (Phi) is 2.80. The monoisotopic (exact) mass is 250 g/mol. The molecule has 1 aromatic heterocycles. The number of benzene rings is 2. The molecule has 1 heterocycles. The van der Waals surface area contributed by atoms with Gasteiger partial charge in [-0.25, -0.2) is 0 Å². The smallest absolute Gasteiger partial charge is 0.221 e. The van der Waals surface area contributed by atoms with Crippen molar-refractivity contribution >= 4 is 33.8 Å². The molecule has 19 heavy (non-hydrogen) atoms. The number of aromatic nitrogens is 1. The lowest BCUT2D eigenvalue weighted by Gasteiger charge is -1.95. The molecule has 3 nitrogen and oxygen atoms in total. The van der Waals surface area contributed by atoms with Gasteiger partial charge in [0.2, 0.25) is 5.91 Å². The minimum Gasteiger partial charge on any atom is -0.369 e. The summed E-state index contributed by atoms with van der Waals surface area (Å²) in [6.07, 6.45) is 3.96. The van der Waals surface area contributed by atoms with E-state index in [2.05, 4.69) is 29.2 Å². The Morgan fingerprint density at radius 1 is 1.11 bits per heavy atom. The summed E-state index contributed by atoms with van der Waals surface area (Å²) in [4.78, 5) is 14.1. The number of amides is 1. The van der Waals surface area contributed by atoms with Crippen molar-refractivity contribution in [3.63, 3.8) is 0 Å². The van der Waals surface area contributed by atoms with Crippen molar-refractivity contribution in [2.75, 3.05) is 0 Å². The molecule has 0 fully saturated rings. The third-order valence-corrected chi connectivity index (χ3v) is 3.16. The zero-order valence-corrected chi connectivity index (χ0v) is 10.4. The summed E-state index contributed by atoms with van der Waals surface area (Å²) in [6, 6.07) is 14.4. The number of hydrogen-bond donors (Lipinski definition) is 2. The van der Waals surface area contributed by atoms with Crippen LogP contribution < -0.4 is 5.73 Å². The number of primary amides is 1. The number of rotatable bonds is 3. The first-order chi connectivity index (χ1) is 9.24. The van der Waals surface area contributed by atoms with Crippen LogP contribution in [0.4, 0.5) is 0 Å². The molecule has 0 spiro atoms. The van der Waals surface area contributed by atoms with E-state index in [0.29, 0.717) is 0 Å². The van der Waals surface area contributed by atoms with Crippen molar-refractivity contribution in [1.82, 2.24) is 4.98 Å². The Labute approximate surface area is 110 Å². The van der Waals surface area contributed by atoms with Crippen LogP contribution in [0.3, 0.4) is 0 Å². The van der Waals surface area contributed by atoms with E-state index in [1.165, 1.54) is 10.8 Å². The van der Waals surface area contributed by atoms with E-state index in [9.17, 15) is 4.79 Å². The summed E-state index contributed by atoms with van der Waals surface area (Å²) >= 11 is 0. The summed E-state index contributed by atoms with van der Waals surface area (Å²) in [5.74, 6) is -0.317. The number of para-hydroxylation sites is 1. The first kappa shape index (κ1) is 11.5. The number of carbonyl (C=O) groups excluding carboxylic acids is 1. The van der Waals surface area contributed by atoms with Gasteiger partial charge in [-0.1, -0.05) is 42.5 Å². The Bertz CT molecular complexity index is 784. The van der Waals surface area contributed by atoms with E-state index in [-0.39, 0.29) is 12.3 Å². The maximum absolute atomic E-state index is 10.7. The molecule has 3 heteroatoms. The van der Waals surface area contributed by atoms with Crippen LogP contribution in [0.2, 0.25) is 0 Å². The molecule has 0 radical (unpaired) electrons. The SMILES string of the molecule is NC(=O)CC=Cc1ccc2c(c1)[nH]c1ccccc12. The lowest BCUT2D eigenvalue weighted by molar-refractivity contribution is -0.117. The van der Waals surface area contributed by atoms with Gasteiger partial charge < -0.3 is 10.7 Å². The van der Waals surface area contributed by atoms with E-state index in [4.69, 9.17) is 5.73 Å². The van der Waals surface area contributed by atoms with Crippen molar-refractivity contribution in [3.8, 4) is 0 Å². The third-order valence-electron chi connectivity index (χ3n) is 3.16. The minimum absolute atomic E-state index is 0.269. The van der Waals surface area contributed by atoms with Crippen molar-refractivity contribution in [2.45, 2.75) is 6.42 Å². The van der Waals surface area contributed by atoms with Gasteiger partial charge in [-0.15, -0.1) is 0 Å². The van der Waals surface area contributed by atoms with Crippen molar-refractivity contribution in [2.24, 2.45) is 5.73 Å². The molecule has 3 rings (SSSR count). The zero-order chi connectivity index (χ0) is 13.2. The number of nitrogens with one attached hydrogen (secondary N) is 1. The fraction of sp³-hybridized carbons (Fsp3) is 0.0625. The Morgan fingerprint density at radius 2 is 1.89 bits per heavy atom. The minimum atomic E-state index is -0.317. The number of aromatic amines is 1. The largest absolute Gasteiger partial charge is 0.369 e. The molecular weight excluding hydrogens is 236 g/mol. The van der Waals surface area contributed by atoms with Gasteiger partial charge in [0, 0.05) is 28.2 Å². The molecule has 0 saturated carbocycles. The maximum atomic E-state index is 10.7. The predicted octanol–water partition coefficient (Wildman–Crippen LogP) is 3.21. The molecule has 3 aromatic rings. The fourth-order valence-corrected chi connectivity index (χ4v) is 2.29. The third kappa shape index (κ3) is 2.22. The van der Waals surface area contributed by atoms with Gasteiger partial charge in [0.25, 0.3) is 0 Å². The van der Waals surface area contributed by atoms with Gasteiger partial charge in [0.1, 0.15) is 0 Å². The topological polar surface area (TPSA) is 58.9 Å². The molecule has 3 N–H and O–H groups in total. The molecule has 0 saturated heterocycles.